The highest BCUT2D eigenvalue weighted by molar-refractivity contribution is 5.88. The largest absolute Gasteiger partial charge is 0.422 e. The second kappa shape index (κ2) is 4.56. The van der Waals surface area contributed by atoms with Gasteiger partial charge in [-0.15, -0.1) is 0 Å². The summed E-state index contributed by atoms with van der Waals surface area (Å²) in [6.45, 7) is 0. The van der Waals surface area contributed by atoms with Gasteiger partial charge in [0.05, 0.1) is 12.4 Å². The zero-order valence-corrected chi connectivity index (χ0v) is 8.63. The summed E-state index contributed by atoms with van der Waals surface area (Å²) in [7, 11) is 0. The highest BCUT2D eigenvalue weighted by atomic mass is 19.1. The standard InChI is InChI=1S/C11H8FN3O2/c12-7-1-3-8(4-2-7)17-11(16)9-5-15-10(13)6-14-9/h1-6H,(H2,13,15). The molecule has 86 valence electrons. The molecular weight excluding hydrogens is 225 g/mol. The number of nitrogens with two attached hydrogens (primary N) is 1. The Labute approximate surface area is 96.1 Å². The van der Waals surface area contributed by atoms with Crippen LogP contribution in [0.1, 0.15) is 10.5 Å². The molecule has 0 aliphatic heterocycles. The van der Waals surface area contributed by atoms with Crippen LogP contribution in [0.15, 0.2) is 36.7 Å². The molecule has 1 aromatic carbocycles. The van der Waals surface area contributed by atoms with Crippen molar-refractivity contribution in [2.75, 3.05) is 5.73 Å². The molecule has 2 N–H and O–H groups in total. The predicted molar refractivity (Wildman–Crippen MR) is 57.8 cm³/mol. The number of nitrogen functional groups attached to an aromatic ring is 1. The lowest BCUT2D eigenvalue weighted by Crippen LogP contribution is -2.11. The van der Waals surface area contributed by atoms with Crippen LogP contribution in [0.3, 0.4) is 0 Å². The fraction of sp³-hybridized carbons (Fsp3) is 0. The van der Waals surface area contributed by atoms with Gasteiger partial charge in [0.1, 0.15) is 17.4 Å². The minimum absolute atomic E-state index is 0.0310. The minimum Gasteiger partial charge on any atom is -0.422 e. The molecule has 6 heteroatoms. The van der Waals surface area contributed by atoms with Gasteiger partial charge < -0.3 is 10.5 Å². The van der Waals surface area contributed by atoms with Gasteiger partial charge in [-0.3, -0.25) is 0 Å². The number of benzene rings is 1. The second-order valence-electron chi connectivity index (χ2n) is 3.17. The highest BCUT2D eigenvalue weighted by Gasteiger charge is 2.10. The Morgan fingerprint density at radius 1 is 1.18 bits per heavy atom. The van der Waals surface area contributed by atoms with E-state index in [4.69, 9.17) is 10.5 Å². The van der Waals surface area contributed by atoms with E-state index in [9.17, 15) is 9.18 Å². The zero-order chi connectivity index (χ0) is 12.3. The maximum Gasteiger partial charge on any atom is 0.363 e. The van der Waals surface area contributed by atoms with Crippen molar-refractivity contribution in [2.24, 2.45) is 0 Å². The number of esters is 1. The lowest BCUT2D eigenvalue weighted by Gasteiger charge is -2.03. The molecule has 2 aromatic rings. The van der Waals surface area contributed by atoms with E-state index < -0.39 is 11.8 Å². The number of aromatic nitrogens is 2. The summed E-state index contributed by atoms with van der Waals surface area (Å²) in [5, 5.41) is 0. The van der Waals surface area contributed by atoms with Crippen LogP contribution in [0.5, 0.6) is 5.75 Å². The number of nitrogens with zero attached hydrogens (tertiary/aromatic N) is 2. The van der Waals surface area contributed by atoms with Crippen LogP contribution >= 0.6 is 0 Å². The Kier molecular flexibility index (Phi) is 2.95. The Morgan fingerprint density at radius 2 is 1.88 bits per heavy atom. The van der Waals surface area contributed by atoms with Crippen molar-refractivity contribution in [3.8, 4) is 5.75 Å². The van der Waals surface area contributed by atoms with Crippen LogP contribution in [-0.2, 0) is 0 Å². The highest BCUT2D eigenvalue weighted by Crippen LogP contribution is 2.12. The topological polar surface area (TPSA) is 78.1 Å². The molecular formula is C11H8FN3O2. The molecule has 0 radical (unpaired) electrons. The van der Waals surface area contributed by atoms with Gasteiger partial charge in [-0.1, -0.05) is 0 Å². The number of halogens is 1. The molecule has 17 heavy (non-hydrogen) atoms. The lowest BCUT2D eigenvalue weighted by molar-refractivity contribution is 0.0728. The fourth-order valence-corrected chi connectivity index (χ4v) is 1.11. The van der Waals surface area contributed by atoms with Crippen molar-refractivity contribution in [2.45, 2.75) is 0 Å². The van der Waals surface area contributed by atoms with Crippen molar-refractivity contribution in [3.05, 3.63) is 48.2 Å². The van der Waals surface area contributed by atoms with Crippen LogP contribution in [0.2, 0.25) is 0 Å². The summed E-state index contributed by atoms with van der Waals surface area (Å²) in [6.07, 6.45) is 2.46. The van der Waals surface area contributed by atoms with Crippen LogP contribution in [0, 0.1) is 5.82 Å². The molecule has 0 spiro atoms. The summed E-state index contributed by atoms with van der Waals surface area (Å²) >= 11 is 0. The summed E-state index contributed by atoms with van der Waals surface area (Å²) in [6, 6.07) is 5.07. The molecule has 0 unspecified atom stereocenters. The average Bonchev–Trinajstić information content (AvgIpc) is 2.33. The van der Waals surface area contributed by atoms with Gasteiger partial charge in [-0.25, -0.2) is 19.2 Å². The Hall–Kier alpha value is -2.50. The molecule has 5 nitrogen and oxygen atoms in total. The van der Waals surface area contributed by atoms with Gasteiger partial charge in [0.15, 0.2) is 5.69 Å². The normalized spacial score (nSPS) is 9.94. The maximum absolute atomic E-state index is 12.6. The Morgan fingerprint density at radius 3 is 2.47 bits per heavy atom. The van der Waals surface area contributed by atoms with Crippen molar-refractivity contribution in [1.29, 1.82) is 0 Å². The quantitative estimate of drug-likeness (QED) is 0.626. The van der Waals surface area contributed by atoms with Gasteiger partial charge >= 0.3 is 5.97 Å². The van der Waals surface area contributed by atoms with Gasteiger partial charge in [-0.2, -0.15) is 0 Å². The van der Waals surface area contributed by atoms with Crippen LogP contribution in [-0.4, -0.2) is 15.9 Å². The zero-order valence-electron chi connectivity index (χ0n) is 8.63. The summed E-state index contributed by atoms with van der Waals surface area (Å²) < 4.78 is 17.6. The third-order valence-electron chi connectivity index (χ3n) is 1.91. The number of carbonyl (C=O) groups excluding carboxylic acids is 1. The van der Waals surface area contributed by atoms with Gasteiger partial charge in [0.25, 0.3) is 0 Å². The van der Waals surface area contributed by atoms with E-state index in [2.05, 4.69) is 9.97 Å². The number of hydrogen-bond acceptors (Lipinski definition) is 5. The molecule has 0 saturated heterocycles. The smallest absolute Gasteiger partial charge is 0.363 e. The van der Waals surface area contributed by atoms with E-state index in [1.807, 2.05) is 0 Å². The van der Waals surface area contributed by atoms with E-state index in [0.29, 0.717) is 0 Å². The van der Waals surface area contributed by atoms with Crippen LogP contribution in [0.25, 0.3) is 0 Å². The van der Waals surface area contributed by atoms with Crippen LogP contribution < -0.4 is 10.5 Å². The first-order valence-corrected chi connectivity index (χ1v) is 4.70. The van der Waals surface area contributed by atoms with Crippen molar-refractivity contribution < 1.29 is 13.9 Å². The van der Waals surface area contributed by atoms with Crippen molar-refractivity contribution in [1.82, 2.24) is 9.97 Å². The number of carbonyl (C=O) groups is 1. The first kappa shape index (κ1) is 11.0. The molecule has 0 saturated carbocycles. The first-order valence-electron chi connectivity index (χ1n) is 4.70. The molecule has 0 bridgehead atoms. The maximum atomic E-state index is 12.6. The molecule has 0 atom stereocenters. The molecule has 0 amide bonds. The number of rotatable bonds is 2. The van der Waals surface area contributed by atoms with Gasteiger partial charge in [-0.05, 0) is 24.3 Å². The third kappa shape index (κ3) is 2.75. The molecule has 0 aliphatic carbocycles. The summed E-state index contributed by atoms with van der Waals surface area (Å²) in [5.74, 6) is -0.639. The molecule has 2 rings (SSSR count). The van der Waals surface area contributed by atoms with Crippen molar-refractivity contribution >= 4 is 11.8 Å². The molecule has 1 aromatic heterocycles. The van der Waals surface area contributed by atoms with Crippen LogP contribution in [0.4, 0.5) is 10.2 Å². The van der Waals surface area contributed by atoms with E-state index >= 15 is 0 Å². The Bertz CT molecular complexity index is 525. The number of hydrogen-bond donors (Lipinski definition) is 1. The van der Waals surface area contributed by atoms with E-state index in [1.54, 1.807) is 0 Å². The summed E-state index contributed by atoms with van der Waals surface area (Å²) in [4.78, 5) is 19.0. The van der Waals surface area contributed by atoms with E-state index in [1.165, 1.54) is 36.7 Å². The average molecular weight is 233 g/mol. The third-order valence-corrected chi connectivity index (χ3v) is 1.91. The SMILES string of the molecule is Nc1cnc(C(=O)Oc2ccc(F)cc2)cn1. The number of ether oxygens (including phenoxy) is 1. The molecule has 0 fully saturated rings. The first-order chi connectivity index (χ1) is 8.15. The number of anilines is 1. The Balaban J connectivity index is 2.11. The second-order valence-corrected chi connectivity index (χ2v) is 3.17. The minimum atomic E-state index is -0.677. The van der Waals surface area contributed by atoms with E-state index in [-0.39, 0.29) is 17.3 Å². The fourth-order valence-electron chi connectivity index (χ4n) is 1.11. The summed E-state index contributed by atoms with van der Waals surface area (Å²) in [5.41, 5.74) is 5.36. The predicted octanol–water partition coefficient (Wildman–Crippen LogP) is 1.42. The van der Waals surface area contributed by atoms with E-state index in [0.717, 1.165) is 0 Å². The van der Waals surface area contributed by atoms with Crippen molar-refractivity contribution in [3.63, 3.8) is 0 Å². The van der Waals surface area contributed by atoms with Gasteiger partial charge in [0.2, 0.25) is 0 Å². The lowest BCUT2D eigenvalue weighted by atomic mass is 10.3. The van der Waals surface area contributed by atoms with Gasteiger partial charge in [0, 0.05) is 0 Å². The molecule has 0 aliphatic rings. The molecule has 1 heterocycles. The monoisotopic (exact) mass is 233 g/mol.